The van der Waals surface area contributed by atoms with E-state index in [0.717, 1.165) is 12.8 Å². The summed E-state index contributed by atoms with van der Waals surface area (Å²) >= 11 is 0. The van der Waals surface area contributed by atoms with Crippen LogP contribution in [0, 0.1) is 12.8 Å². The van der Waals surface area contributed by atoms with Crippen molar-refractivity contribution in [3.8, 4) is 0 Å². The monoisotopic (exact) mass is 284 g/mol. The summed E-state index contributed by atoms with van der Waals surface area (Å²) in [4.78, 5) is 0.270. The second-order valence-electron chi connectivity index (χ2n) is 5.08. The van der Waals surface area contributed by atoms with Crippen molar-refractivity contribution in [2.24, 2.45) is 5.92 Å². The van der Waals surface area contributed by atoms with E-state index in [1.165, 1.54) is 10.4 Å². The Morgan fingerprint density at radius 1 is 1.47 bits per heavy atom. The minimum Gasteiger partial charge on any atom is -0.399 e. The highest BCUT2D eigenvalue weighted by Crippen LogP contribution is 2.26. The van der Waals surface area contributed by atoms with Crippen LogP contribution in [-0.4, -0.2) is 37.5 Å². The molecular weight excluding hydrogens is 264 g/mol. The number of benzene rings is 1. The molecule has 1 atom stereocenters. The van der Waals surface area contributed by atoms with Crippen LogP contribution in [0.3, 0.4) is 0 Å². The maximum Gasteiger partial charge on any atom is 0.243 e. The van der Waals surface area contributed by atoms with E-state index in [1.807, 2.05) is 0 Å². The first kappa shape index (κ1) is 14.3. The first-order valence-electron chi connectivity index (χ1n) is 6.42. The summed E-state index contributed by atoms with van der Waals surface area (Å²) in [6, 6.07) is 4.92. The first-order chi connectivity index (χ1) is 8.95. The number of aliphatic hydroxyl groups excluding tert-OH is 1. The summed E-state index contributed by atoms with van der Waals surface area (Å²) < 4.78 is 26.7. The van der Waals surface area contributed by atoms with Gasteiger partial charge in [0, 0.05) is 25.4 Å². The zero-order valence-corrected chi connectivity index (χ0v) is 11.9. The van der Waals surface area contributed by atoms with E-state index < -0.39 is 10.0 Å². The van der Waals surface area contributed by atoms with E-state index in [0.29, 0.717) is 24.3 Å². The van der Waals surface area contributed by atoms with E-state index in [-0.39, 0.29) is 17.4 Å². The maximum absolute atomic E-state index is 12.6. The third kappa shape index (κ3) is 2.91. The molecule has 106 valence electrons. The number of anilines is 1. The van der Waals surface area contributed by atoms with E-state index >= 15 is 0 Å². The predicted molar refractivity (Wildman–Crippen MR) is 74.2 cm³/mol. The molecule has 1 heterocycles. The van der Waals surface area contributed by atoms with Gasteiger partial charge in [0.15, 0.2) is 0 Å². The van der Waals surface area contributed by atoms with Gasteiger partial charge in [-0.15, -0.1) is 0 Å². The maximum atomic E-state index is 12.6. The number of aryl methyl sites for hydroxylation is 1. The average molecular weight is 284 g/mol. The van der Waals surface area contributed by atoms with Gasteiger partial charge in [0.2, 0.25) is 10.0 Å². The highest BCUT2D eigenvalue weighted by Gasteiger charge is 2.30. The molecular formula is C13H20N2O3S. The zero-order valence-electron chi connectivity index (χ0n) is 11.0. The Morgan fingerprint density at radius 2 is 2.21 bits per heavy atom. The summed E-state index contributed by atoms with van der Waals surface area (Å²) in [5, 5.41) is 9.20. The second-order valence-corrected chi connectivity index (χ2v) is 6.99. The largest absolute Gasteiger partial charge is 0.399 e. The van der Waals surface area contributed by atoms with E-state index in [4.69, 9.17) is 5.73 Å². The Morgan fingerprint density at radius 3 is 2.89 bits per heavy atom. The van der Waals surface area contributed by atoms with E-state index in [9.17, 15) is 13.5 Å². The van der Waals surface area contributed by atoms with Crippen LogP contribution in [0.2, 0.25) is 0 Å². The molecule has 0 saturated carbocycles. The van der Waals surface area contributed by atoms with Gasteiger partial charge in [-0.05, 0) is 43.4 Å². The van der Waals surface area contributed by atoms with Gasteiger partial charge in [0.25, 0.3) is 0 Å². The van der Waals surface area contributed by atoms with Crippen molar-refractivity contribution in [2.45, 2.75) is 24.7 Å². The van der Waals surface area contributed by atoms with Crippen LogP contribution in [-0.2, 0) is 10.0 Å². The fourth-order valence-corrected chi connectivity index (χ4v) is 4.24. The number of hydrogen-bond acceptors (Lipinski definition) is 4. The summed E-state index contributed by atoms with van der Waals surface area (Å²) in [6.07, 6.45) is 1.66. The molecule has 0 amide bonds. The van der Waals surface area contributed by atoms with Gasteiger partial charge in [-0.3, -0.25) is 0 Å². The van der Waals surface area contributed by atoms with Gasteiger partial charge in [-0.25, -0.2) is 8.42 Å². The van der Waals surface area contributed by atoms with Crippen LogP contribution in [0.5, 0.6) is 0 Å². The third-order valence-corrected chi connectivity index (χ3v) is 5.58. The highest BCUT2D eigenvalue weighted by atomic mass is 32.2. The smallest absolute Gasteiger partial charge is 0.243 e. The Labute approximate surface area is 114 Å². The standard InChI is InChI=1S/C13H20N2O3S/c1-10-4-5-12(14)7-13(10)19(17,18)15-6-2-3-11(8-15)9-16/h4-5,7,11,16H,2-3,6,8-9,14H2,1H3. The van der Waals surface area contributed by atoms with Gasteiger partial charge >= 0.3 is 0 Å². The van der Waals surface area contributed by atoms with Crippen molar-refractivity contribution in [3.05, 3.63) is 23.8 Å². The molecule has 0 spiro atoms. The normalized spacial score (nSPS) is 21.5. The molecule has 19 heavy (non-hydrogen) atoms. The lowest BCUT2D eigenvalue weighted by Gasteiger charge is -2.31. The number of rotatable bonds is 3. The van der Waals surface area contributed by atoms with Crippen molar-refractivity contribution < 1.29 is 13.5 Å². The Hall–Kier alpha value is -1.11. The van der Waals surface area contributed by atoms with Crippen molar-refractivity contribution in [1.29, 1.82) is 0 Å². The molecule has 0 aliphatic carbocycles. The lowest BCUT2D eigenvalue weighted by molar-refractivity contribution is 0.165. The molecule has 1 unspecified atom stereocenters. The molecule has 0 aromatic heterocycles. The quantitative estimate of drug-likeness (QED) is 0.810. The van der Waals surface area contributed by atoms with Crippen LogP contribution >= 0.6 is 0 Å². The molecule has 2 rings (SSSR count). The van der Waals surface area contributed by atoms with Crippen LogP contribution < -0.4 is 5.73 Å². The van der Waals surface area contributed by atoms with Crippen molar-refractivity contribution in [2.75, 3.05) is 25.4 Å². The Kier molecular flexibility index (Phi) is 4.13. The molecule has 1 aromatic carbocycles. The molecule has 1 aliphatic heterocycles. The molecule has 6 heteroatoms. The number of nitrogens with zero attached hydrogens (tertiary/aromatic N) is 1. The number of aliphatic hydroxyl groups is 1. The number of nitrogens with two attached hydrogens (primary N) is 1. The number of piperidine rings is 1. The van der Waals surface area contributed by atoms with E-state index in [2.05, 4.69) is 0 Å². The van der Waals surface area contributed by atoms with Crippen LogP contribution in [0.4, 0.5) is 5.69 Å². The van der Waals surface area contributed by atoms with Crippen LogP contribution in [0.1, 0.15) is 18.4 Å². The topological polar surface area (TPSA) is 83.6 Å². The molecule has 0 bridgehead atoms. The SMILES string of the molecule is Cc1ccc(N)cc1S(=O)(=O)N1CCCC(CO)C1. The van der Waals surface area contributed by atoms with Gasteiger partial charge in [-0.2, -0.15) is 4.31 Å². The van der Waals surface area contributed by atoms with E-state index in [1.54, 1.807) is 19.1 Å². The van der Waals surface area contributed by atoms with Gasteiger partial charge in [0.1, 0.15) is 0 Å². The summed E-state index contributed by atoms with van der Waals surface area (Å²) in [5.41, 5.74) is 6.82. The van der Waals surface area contributed by atoms with Gasteiger partial charge in [-0.1, -0.05) is 6.07 Å². The minimum absolute atomic E-state index is 0.0297. The van der Waals surface area contributed by atoms with Gasteiger partial charge < -0.3 is 10.8 Å². The molecule has 1 aromatic rings. The highest BCUT2D eigenvalue weighted by molar-refractivity contribution is 7.89. The lowest BCUT2D eigenvalue weighted by Crippen LogP contribution is -2.41. The molecule has 3 N–H and O–H groups in total. The summed E-state index contributed by atoms with van der Waals surface area (Å²) in [7, 11) is -3.52. The second kappa shape index (κ2) is 5.48. The molecule has 1 aliphatic rings. The van der Waals surface area contributed by atoms with Crippen LogP contribution in [0.15, 0.2) is 23.1 Å². The Balaban J connectivity index is 2.34. The molecule has 1 saturated heterocycles. The lowest BCUT2D eigenvalue weighted by atomic mass is 10.0. The molecule has 1 fully saturated rings. The third-order valence-electron chi connectivity index (χ3n) is 3.57. The number of nitrogen functional groups attached to an aromatic ring is 1. The zero-order chi connectivity index (χ0) is 14.0. The number of hydrogen-bond donors (Lipinski definition) is 2. The number of sulfonamides is 1. The fraction of sp³-hybridized carbons (Fsp3) is 0.538. The fourth-order valence-electron chi connectivity index (χ4n) is 2.43. The van der Waals surface area contributed by atoms with Crippen molar-refractivity contribution >= 4 is 15.7 Å². The predicted octanol–water partition coefficient (Wildman–Crippen LogP) is 0.970. The molecule has 5 nitrogen and oxygen atoms in total. The van der Waals surface area contributed by atoms with Gasteiger partial charge in [0.05, 0.1) is 4.90 Å². The first-order valence-corrected chi connectivity index (χ1v) is 7.86. The summed E-state index contributed by atoms with van der Waals surface area (Å²) in [5.74, 6) is 0.0323. The summed E-state index contributed by atoms with van der Waals surface area (Å²) in [6.45, 7) is 2.68. The Bertz CT molecular complexity index is 557. The van der Waals surface area contributed by atoms with Crippen LogP contribution in [0.25, 0.3) is 0 Å². The average Bonchev–Trinajstić information content (AvgIpc) is 2.41. The minimum atomic E-state index is -3.52. The van der Waals surface area contributed by atoms with Crippen molar-refractivity contribution in [3.63, 3.8) is 0 Å². The molecule has 0 radical (unpaired) electrons. The van der Waals surface area contributed by atoms with Crippen molar-refractivity contribution in [1.82, 2.24) is 4.31 Å².